The van der Waals surface area contributed by atoms with Crippen molar-refractivity contribution in [2.75, 3.05) is 31.6 Å². The first kappa shape index (κ1) is 17.5. The average Bonchev–Trinajstić information content (AvgIpc) is 3.25. The molecule has 0 bridgehead atoms. The number of benzene rings is 2. The predicted molar refractivity (Wildman–Crippen MR) is 99.3 cm³/mol. The van der Waals surface area contributed by atoms with Gasteiger partial charge in [0.1, 0.15) is 11.6 Å². The fraction of sp³-hybridized carbons (Fsp3) is 0.333. The lowest BCUT2D eigenvalue weighted by Crippen LogP contribution is -2.34. The van der Waals surface area contributed by atoms with Gasteiger partial charge in [-0.3, -0.25) is 9.59 Å². The van der Waals surface area contributed by atoms with Crippen LogP contribution in [0.3, 0.4) is 0 Å². The molecule has 2 aromatic rings. The molecule has 5 nitrogen and oxygen atoms in total. The fourth-order valence-corrected chi connectivity index (χ4v) is 4.05. The van der Waals surface area contributed by atoms with Gasteiger partial charge in [-0.15, -0.1) is 0 Å². The molecule has 4 rings (SSSR count). The zero-order chi connectivity index (χ0) is 19.0. The van der Waals surface area contributed by atoms with Crippen molar-refractivity contribution in [3.8, 4) is 5.75 Å². The highest BCUT2D eigenvalue weighted by Crippen LogP contribution is 2.42. The van der Waals surface area contributed by atoms with E-state index < -0.39 is 0 Å². The normalized spacial score (nSPS) is 21.9. The summed E-state index contributed by atoms with van der Waals surface area (Å²) in [5.74, 6) is 0.389. The number of ether oxygens (including phenoxy) is 1. The zero-order valence-corrected chi connectivity index (χ0v) is 15.2. The number of carbonyl (C=O) groups is 2. The van der Waals surface area contributed by atoms with Gasteiger partial charge in [-0.25, -0.2) is 4.39 Å². The molecule has 1 spiro atoms. The van der Waals surface area contributed by atoms with E-state index in [0.717, 1.165) is 6.42 Å². The third-order valence-electron chi connectivity index (χ3n) is 5.52. The van der Waals surface area contributed by atoms with Crippen molar-refractivity contribution in [1.82, 2.24) is 4.90 Å². The summed E-state index contributed by atoms with van der Waals surface area (Å²) < 4.78 is 18.3. The molecule has 2 aliphatic heterocycles. The molecule has 2 fully saturated rings. The minimum absolute atomic E-state index is 0.0257. The number of anilines is 1. The minimum Gasteiger partial charge on any atom is -0.497 e. The predicted octanol–water partition coefficient (Wildman–Crippen LogP) is 3.10. The number of carbonyl (C=O) groups excluding carboxylic acids is 2. The van der Waals surface area contributed by atoms with Crippen molar-refractivity contribution in [3.05, 3.63) is 59.9 Å². The van der Waals surface area contributed by atoms with Gasteiger partial charge in [0.25, 0.3) is 5.91 Å². The summed E-state index contributed by atoms with van der Waals surface area (Å²) in [6, 6.07) is 13.0. The number of hydrogen-bond acceptors (Lipinski definition) is 3. The lowest BCUT2D eigenvalue weighted by atomic mass is 9.86. The van der Waals surface area contributed by atoms with Crippen LogP contribution in [0.5, 0.6) is 5.75 Å². The molecule has 1 atom stereocenters. The molecule has 0 saturated carbocycles. The highest BCUT2D eigenvalue weighted by atomic mass is 19.1. The lowest BCUT2D eigenvalue weighted by molar-refractivity contribution is -0.117. The first-order valence-electron chi connectivity index (χ1n) is 8.99. The van der Waals surface area contributed by atoms with E-state index >= 15 is 0 Å². The number of methoxy groups -OCH3 is 1. The van der Waals surface area contributed by atoms with Crippen molar-refractivity contribution in [2.45, 2.75) is 12.8 Å². The summed E-state index contributed by atoms with van der Waals surface area (Å²) >= 11 is 0. The Morgan fingerprint density at radius 2 is 1.78 bits per heavy atom. The monoisotopic (exact) mass is 368 g/mol. The quantitative estimate of drug-likeness (QED) is 0.837. The van der Waals surface area contributed by atoms with Crippen LogP contribution in [-0.4, -0.2) is 43.5 Å². The number of rotatable bonds is 3. The maximum atomic E-state index is 13.2. The molecular formula is C21H21FN2O3. The summed E-state index contributed by atoms with van der Waals surface area (Å²) in [7, 11) is 1.59. The third-order valence-corrected chi connectivity index (χ3v) is 5.52. The molecule has 2 heterocycles. The molecule has 6 heteroatoms. The molecule has 0 radical (unpaired) electrons. The highest BCUT2D eigenvalue weighted by Gasteiger charge is 2.48. The summed E-state index contributed by atoms with van der Waals surface area (Å²) in [6.45, 7) is 1.75. The second-order valence-corrected chi connectivity index (χ2v) is 7.34. The molecule has 0 N–H and O–H groups in total. The van der Waals surface area contributed by atoms with Gasteiger partial charge in [0.15, 0.2) is 0 Å². The van der Waals surface area contributed by atoms with Gasteiger partial charge < -0.3 is 14.5 Å². The molecule has 2 amide bonds. The van der Waals surface area contributed by atoms with E-state index in [2.05, 4.69) is 0 Å². The van der Waals surface area contributed by atoms with Crippen LogP contribution in [0.4, 0.5) is 10.1 Å². The number of likely N-dealkylation sites (tertiary alicyclic amines) is 1. The molecule has 0 aliphatic carbocycles. The Balaban J connectivity index is 1.47. The van der Waals surface area contributed by atoms with Gasteiger partial charge in [-0.05, 0) is 55.0 Å². The summed E-state index contributed by atoms with van der Waals surface area (Å²) in [5.41, 5.74) is 1.10. The second kappa shape index (κ2) is 6.68. The average molecular weight is 368 g/mol. The first-order chi connectivity index (χ1) is 13.0. The van der Waals surface area contributed by atoms with Crippen LogP contribution in [0.25, 0.3) is 0 Å². The Kier molecular flexibility index (Phi) is 4.34. The molecule has 2 aliphatic rings. The van der Waals surface area contributed by atoms with Crippen LogP contribution in [0.1, 0.15) is 23.2 Å². The maximum Gasteiger partial charge on any atom is 0.253 e. The molecule has 0 unspecified atom stereocenters. The van der Waals surface area contributed by atoms with Crippen molar-refractivity contribution < 1.29 is 18.7 Å². The number of halogens is 1. The van der Waals surface area contributed by atoms with E-state index in [1.165, 1.54) is 12.1 Å². The van der Waals surface area contributed by atoms with Crippen LogP contribution < -0.4 is 9.64 Å². The molecule has 140 valence electrons. The van der Waals surface area contributed by atoms with E-state index in [1.807, 2.05) is 4.90 Å². The standard InChI is InChI=1S/C21H21FN2O3/c1-27-18-8-2-15(3-9-18)20(26)23-11-10-21(13-23)12-19(25)24(14-21)17-6-4-16(22)5-7-17/h2-9H,10-14H2,1H3/t21-/m1/s1. The summed E-state index contributed by atoms with van der Waals surface area (Å²) in [4.78, 5) is 28.9. The fourth-order valence-electron chi connectivity index (χ4n) is 4.05. The van der Waals surface area contributed by atoms with E-state index in [1.54, 1.807) is 48.4 Å². The second-order valence-electron chi connectivity index (χ2n) is 7.34. The van der Waals surface area contributed by atoms with Crippen LogP contribution in [-0.2, 0) is 4.79 Å². The van der Waals surface area contributed by atoms with Crippen LogP contribution >= 0.6 is 0 Å². The molecule has 0 aromatic heterocycles. The van der Waals surface area contributed by atoms with Gasteiger partial charge in [-0.1, -0.05) is 0 Å². The molecule has 27 heavy (non-hydrogen) atoms. The topological polar surface area (TPSA) is 49.9 Å². The third kappa shape index (κ3) is 3.27. The number of hydrogen-bond donors (Lipinski definition) is 0. The van der Waals surface area contributed by atoms with Gasteiger partial charge in [-0.2, -0.15) is 0 Å². The number of amides is 2. The largest absolute Gasteiger partial charge is 0.497 e. The van der Waals surface area contributed by atoms with E-state index in [9.17, 15) is 14.0 Å². The SMILES string of the molecule is COc1ccc(C(=O)N2CC[C@@]3(CC(=O)N(c4ccc(F)cc4)C3)C2)cc1. The Hall–Kier alpha value is -2.89. The van der Waals surface area contributed by atoms with Gasteiger partial charge in [0.05, 0.1) is 7.11 Å². The van der Waals surface area contributed by atoms with Crippen molar-refractivity contribution in [1.29, 1.82) is 0 Å². The van der Waals surface area contributed by atoms with E-state index in [-0.39, 0.29) is 23.0 Å². The van der Waals surface area contributed by atoms with Crippen LogP contribution in [0, 0.1) is 11.2 Å². The lowest BCUT2D eigenvalue weighted by Gasteiger charge is -2.24. The Bertz CT molecular complexity index is 866. The van der Waals surface area contributed by atoms with Gasteiger partial charge >= 0.3 is 0 Å². The minimum atomic E-state index is -0.322. The summed E-state index contributed by atoms with van der Waals surface area (Å²) in [5, 5.41) is 0. The summed E-state index contributed by atoms with van der Waals surface area (Å²) in [6.07, 6.45) is 1.20. The van der Waals surface area contributed by atoms with Crippen molar-refractivity contribution in [3.63, 3.8) is 0 Å². The van der Waals surface area contributed by atoms with Crippen LogP contribution in [0.2, 0.25) is 0 Å². The zero-order valence-electron chi connectivity index (χ0n) is 15.2. The van der Waals surface area contributed by atoms with E-state index in [0.29, 0.717) is 43.1 Å². The van der Waals surface area contributed by atoms with Gasteiger partial charge in [0, 0.05) is 42.7 Å². The Morgan fingerprint density at radius 3 is 2.44 bits per heavy atom. The smallest absolute Gasteiger partial charge is 0.253 e. The van der Waals surface area contributed by atoms with Crippen LogP contribution in [0.15, 0.2) is 48.5 Å². The molecule has 2 aromatic carbocycles. The van der Waals surface area contributed by atoms with Crippen molar-refractivity contribution >= 4 is 17.5 Å². The first-order valence-corrected chi connectivity index (χ1v) is 8.99. The number of nitrogens with zero attached hydrogens (tertiary/aromatic N) is 2. The maximum absolute atomic E-state index is 13.2. The van der Waals surface area contributed by atoms with Crippen molar-refractivity contribution in [2.24, 2.45) is 5.41 Å². The highest BCUT2D eigenvalue weighted by molar-refractivity contribution is 5.97. The Morgan fingerprint density at radius 1 is 1.07 bits per heavy atom. The molecule has 2 saturated heterocycles. The Labute approximate surface area is 157 Å². The van der Waals surface area contributed by atoms with E-state index in [4.69, 9.17) is 4.74 Å². The van der Waals surface area contributed by atoms with Gasteiger partial charge in [0.2, 0.25) is 5.91 Å². The molecular weight excluding hydrogens is 347 g/mol.